The van der Waals surface area contributed by atoms with Crippen LogP contribution in [-0.4, -0.2) is 30.5 Å². The second-order valence-electron chi connectivity index (χ2n) is 4.62. The van der Waals surface area contributed by atoms with Crippen LogP contribution in [0.25, 0.3) is 0 Å². The van der Waals surface area contributed by atoms with E-state index in [-0.39, 0.29) is 17.3 Å². The summed E-state index contributed by atoms with van der Waals surface area (Å²) in [5.41, 5.74) is 5.43. The smallest absolute Gasteiger partial charge is 0.0992 e. The third-order valence-electron chi connectivity index (χ3n) is 3.59. The Morgan fingerprint density at radius 2 is 2.15 bits per heavy atom. The molecule has 2 heterocycles. The summed E-state index contributed by atoms with van der Waals surface area (Å²) >= 11 is 0. The lowest BCUT2D eigenvalue weighted by atomic mass is 9.83. The molecule has 0 amide bonds. The first-order valence-electron chi connectivity index (χ1n) is 5.11. The fourth-order valence-corrected chi connectivity index (χ4v) is 2.53. The molecule has 1 spiro atoms. The van der Waals surface area contributed by atoms with Gasteiger partial charge in [-0.05, 0) is 26.7 Å². The first-order valence-corrected chi connectivity index (χ1v) is 5.11. The summed E-state index contributed by atoms with van der Waals surface area (Å²) in [5.74, 6) is 0. The molecule has 3 nitrogen and oxygen atoms in total. The fourth-order valence-electron chi connectivity index (χ4n) is 2.53. The third kappa shape index (κ3) is 1.30. The van der Waals surface area contributed by atoms with Crippen molar-refractivity contribution in [3.63, 3.8) is 0 Å². The Morgan fingerprint density at radius 3 is 2.62 bits per heavy atom. The molecule has 0 bridgehead atoms. The van der Waals surface area contributed by atoms with Crippen molar-refractivity contribution in [1.82, 2.24) is 0 Å². The van der Waals surface area contributed by atoms with Gasteiger partial charge in [-0.3, -0.25) is 0 Å². The molecule has 0 aromatic heterocycles. The standard InChI is InChI=1S/C10H19NO2/c1-9(2)10(5-6-12-9)4-3-8(7-11)13-10/h8H,3-7,11H2,1-2H3. The van der Waals surface area contributed by atoms with E-state index in [4.69, 9.17) is 15.2 Å². The van der Waals surface area contributed by atoms with E-state index < -0.39 is 0 Å². The molecule has 0 aromatic carbocycles. The maximum Gasteiger partial charge on any atom is 0.0992 e. The molecule has 0 aromatic rings. The third-order valence-corrected chi connectivity index (χ3v) is 3.59. The molecule has 2 saturated heterocycles. The Kier molecular flexibility index (Phi) is 2.13. The maximum atomic E-state index is 6.02. The molecule has 0 aliphatic carbocycles. The van der Waals surface area contributed by atoms with Crippen LogP contribution in [0.5, 0.6) is 0 Å². The van der Waals surface area contributed by atoms with Crippen molar-refractivity contribution in [1.29, 1.82) is 0 Å². The SMILES string of the molecule is CC1(C)OCCC12CCC(CN)O2. The molecule has 2 aliphatic rings. The highest BCUT2D eigenvalue weighted by Crippen LogP contribution is 2.47. The van der Waals surface area contributed by atoms with Gasteiger partial charge in [0.25, 0.3) is 0 Å². The van der Waals surface area contributed by atoms with Crippen molar-refractivity contribution in [2.24, 2.45) is 5.73 Å². The summed E-state index contributed by atoms with van der Waals surface area (Å²) in [4.78, 5) is 0. The lowest BCUT2D eigenvalue weighted by molar-refractivity contribution is -0.127. The largest absolute Gasteiger partial charge is 0.372 e. The van der Waals surface area contributed by atoms with E-state index >= 15 is 0 Å². The van der Waals surface area contributed by atoms with Crippen LogP contribution in [0.4, 0.5) is 0 Å². The van der Waals surface area contributed by atoms with Gasteiger partial charge in [0.15, 0.2) is 0 Å². The van der Waals surface area contributed by atoms with Crippen LogP contribution >= 0.6 is 0 Å². The Labute approximate surface area is 79.6 Å². The molecule has 76 valence electrons. The maximum absolute atomic E-state index is 6.02. The topological polar surface area (TPSA) is 44.5 Å². The molecule has 2 N–H and O–H groups in total. The molecule has 2 unspecified atom stereocenters. The van der Waals surface area contributed by atoms with Gasteiger partial charge in [0.1, 0.15) is 0 Å². The van der Waals surface area contributed by atoms with Gasteiger partial charge in [0.05, 0.1) is 23.9 Å². The molecule has 0 radical (unpaired) electrons. The van der Waals surface area contributed by atoms with E-state index in [9.17, 15) is 0 Å². The number of hydrogen-bond acceptors (Lipinski definition) is 3. The van der Waals surface area contributed by atoms with E-state index in [1.807, 2.05) is 0 Å². The van der Waals surface area contributed by atoms with Crippen LogP contribution in [0.3, 0.4) is 0 Å². The van der Waals surface area contributed by atoms with Gasteiger partial charge >= 0.3 is 0 Å². The Hall–Kier alpha value is -0.120. The second kappa shape index (κ2) is 2.94. The van der Waals surface area contributed by atoms with Crippen LogP contribution in [0.2, 0.25) is 0 Å². The Balaban J connectivity index is 2.13. The molecule has 2 aliphatic heterocycles. The summed E-state index contributed by atoms with van der Waals surface area (Å²) in [6.45, 7) is 5.71. The number of rotatable bonds is 1. The van der Waals surface area contributed by atoms with E-state index in [0.29, 0.717) is 6.54 Å². The van der Waals surface area contributed by atoms with Crippen LogP contribution in [0.15, 0.2) is 0 Å². The predicted octanol–water partition coefficient (Wildman–Crippen LogP) is 1.06. The Bertz CT molecular complexity index is 205. The van der Waals surface area contributed by atoms with Gasteiger partial charge in [-0.1, -0.05) is 0 Å². The molecular formula is C10H19NO2. The number of hydrogen-bond donors (Lipinski definition) is 1. The number of nitrogens with two attached hydrogens (primary N) is 1. The van der Waals surface area contributed by atoms with E-state index in [2.05, 4.69) is 13.8 Å². The number of ether oxygens (including phenoxy) is 2. The molecule has 2 rings (SSSR count). The molecule has 2 fully saturated rings. The normalized spacial score (nSPS) is 43.2. The highest BCUT2D eigenvalue weighted by Gasteiger charge is 2.55. The summed E-state index contributed by atoms with van der Waals surface area (Å²) in [6.07, 6.45) is 3.46. The highest BCUT2D eigenvalue weighted by atomic mass is 16.6. The van der Waals surface area contributed by atoms with Gasteiger partial charge in [-0.15, -0.1) is 0 Å². The zero-order valence-electron chi connectivity index (χ0n) is 8.51. The summed E-state index contributed by atoms with van der Waals surface area (Å²) in [7, 11) is 0. The van der Waals surface area contributed by atoms with Gasteiger partial charge in [0.2, 0.25) is 0 Å². The highest BCUT2D eigenvalue weighted by molar-refractivity contribution is 5.04. The minimum absolute atomic E-state index is 0.0446. The van der Waals surface area contributed by atoms with Crippen molar-refractivity contribution >= 4 is 0 Å². The quantitative estimate of drug-likeness (QED) is 0.664. The second-order valence-corrected chi connectivity index (χ2v) is 4.62. The van der Waals surface area contributed by atoms with Gasteiger partial charge in [0, 0.05) is 13.0 Å². The van der Waals surface area contributed by atoms with Crippen molar-refractivity contribution in [3.05, 3.63) is 0 Å². The lowest BCUT2D eigenvalue weighted by Crippen LogP contribution is -2.46. The first kappa shape index (κ1) is 9.44. The van der Waals surface area contributed by atoms with Crippen LogP contribution in [-0.2, 0) is 9.47 Å². The summed E-state index contributed by atoms with van der Waals surface area (Å²) in [5, 5.41) is 0. The molecule has 0 saturated carbocycles. The van der Waals surface area contributed by atoms with Crippen molar-refractivity contribution in [3.8, 4) is 0 Å². The summed E-state index contributed by atoms with van der Waals surface area (Å²) < 4.78 is 11.7. The molecule has 13 heavy (non-hydrogen) atoms. The van der Waals surface area contributed by atoms with E-state index in [0.717, 1.165) is 25.9 Å². The Morgan fingerprint density at radius 1 is 1.38 bits per heavy atom. The zero-order chi connectivity index (χ0) is 9.53. The average molecular weight is 185 g/mol. The lowest BCUT2D eigenvalue weighted by Gasteiger charge is -2.36. The minimum atomic E-state index is -0.128. The predicted molar refractivity (Wildman–Crippen MR) is 50.5 cm³/mol. The van der Waals surface area contributed by atoms with Gasteiger partial charge in [-0.2, -0.15) is 0 Å². The van der Waals surface area contributed by atoms with Gasteiger partial charge in [-0.25, -0.2) is 0 Å². The van der Waals surface area contributed by atoms with Crippen LogP contribution in [0.1, 0.15) is 33.1 Å². The first-order chi connectivity index (χ1) is 6.10. The molecule has 2 atom stereocenters. The summed E-state index contributed by atoms with van der Waals surface area (Å²) in [6, 6.07) is 0. The minimum Gasteiger partial charge on any atom is -0.372 e. The molecular weight excluding hydrogens is 166 g/mol. The van der Waals surface area contributed by atoms with Crippen molar-refractivity contribution in [2.75, 3.05) is 13.2 Å². The van der Waals surface area contributed by atoms with E-state index in [1.165, 1.54) is 0 Å². The van der Waals surface area contributed by atoms with Crippen LogP contribution in [0, 0.1) is 0 Å². The fraction of sp³-hybridized carbons (Fsp3) is 1.00. The molecule has 3 heteroatoms. The van der Waals surface area contributed by atoms with Crippen LogP contribution < -0.4 is 5.73 Å². The van der Waals surface area contributed by atoms with Gasteiger partial charge < -0.3 is 15.2 Å². The monoisotopic (exact) mass is 185 g/mol. The van der Waals surface area contributed by atoms with Crippen molar-refractivity contribution in [2.45, 2.75) is 50.4 Å². The van der Waals surface area contributed by atoms with Crippen molar-refractivity contribution < 1.29 is 9.47 Å². The van der Waals surface area contributed by atoms with E-state index in [1.54, 1.807) is 0 Å². The zero-order valence-corrected chi connectivity index (χ0v) is 8.51. The average Bonchev–Trinajstić information content (AvgIpc) is 2.60.